The van der Waals surface area contributed by atoms with Gasteiger partial charge in [0.25, 0.3) is 0 Å². The molecule has 0 aliphatic rings. The lowest BCUT2D eigenvalue weighted by atomic mass is 9.97. The van der Waals surface area contributed by atoms with Crippen molar-refractivity contribution >= 4 is 22.4 Å². The third-order valence-electron chi connectivity index (χ3n) is 4.91. The Morgan fingerprint density at radius 1 is 0.667 bits per heavy atom. The summed E-state index contributed by atoms with van der Waals surface area (Å²) in [5.41, 5.74) is 5.51. The molecular weight excluding hydrogens is 355 g/mol. The lowest BCUT2D eigenvalue weighted by Gasteiger charge is -2.08. The molecule has 4 rings (SSSR count). The summed E-state index contributed by atoms with van der Waals surface area (Å²) >= 11 is 5.77. The van der Waals surface area contributed by atoms with Crippen LogP contribution in [0.15, 0.2) is 78.9 Å². The molecule has 0 radical (unpaired) electrons. The second-order valence-electron chi connectivity index (χ2n) is 6.85. The van der Waals surface area contributed by atoms with Gasteiger partial charge in [-0.2, -0.15) is 0 Å². The minimum atomic E-state index is -0.393. The Morgan fingerprint density at radius 3 is 1.89 bits per heavy atom. The first kappa shape index (κ1) is 17.8. The van der Waals surface area contributed by atoms with Gasteiger partial charge in [-0.05, 0) is 63.2 Å². The number of hydrogen-bond donors (Lipinski definition) is 0. The first-order chi connectivity index (χ1) is 13.1. The summed E-state index contributed by atoms with van der Waals surface area (Å²) in [6.07, 6.45) is 2.28. The molecule has 0 saturated heterocycles. The van der Waals surface area contributed by atoms with Gasteiger partial charge in [-0.15, -0.1) is 0 Å². The molecule has 0 atom stereocenters. The average molecular weight is 375 g/mol. The maximum absolute atomic E-state index is 13.7. The van der Waals surface area contributed by atoms with Crippen LogP contribution in [0, 0.1) is 5.82 Å². The number of hydrogen-bond acceptors (Lipinski definition) is 0. The van der Waals surface area contributed by atoms with Gasteiger partial charge in [0.1, 0.15) is 5.82 Å². The van der Waals surface area contributed by atoms with Crippen LogP contribution in [0.2, 0.25) is 5.02 Å². The highest BCUT2D eigenvalue weighted by Gasteiger charge is 2.05. The molecule has 27 heavy (non-hydrogen) atoms. The maximum atomic E-state index is 13.7. The first-order valence-electron chi connectivity index (χ1n) is 9.22. The summed E-state index contributed by atoms with van der Waals surface area (Å²) < 4.78 is 13.7. The molecule has 0 fully saturated rings. The normalized spacial score (nSPS) is 11.1. The summed E-state index contributed by atoms with van der Waals surface area (Å²) in [6.45, 7) is 2.20. The highest BCUT2D eigenvalue weighted by atomic mass is 35.5. The van der Waals surface area contributed by atoms with Crippen LogP contribution >= 0.6 is 11.6 Å². The molecule has 2 heteroatoms. The van der Waals surface area contributed by atoms with Crippen LogP contribution in [-0.4, -0.2) is 0 Å². The summed E-state index contributed by atoms with van der Waals surface area (Å²) in [7, 11) is 0. The van der Waals surface area contributed by atoms with E-state index < -0.39 is 5.82 Å². The van der Waals surface area contributed by atoms with Crippen LogP contribution in [0.25, 0.3) is 33.0 Å². The Kier molecular flexibility index (Phi) is 4.96. The smallest absolute Gasteiger partial charge is 0.142 e. The fourth-order valence-corrected chi connectivity index (χ4v) is 3.57. The summed E-state index contributed by atoms with van der Waals surface area (Å²) in [5, 5.41) is 2.67. The van der Waals surface area contributed by atoms with Crippen LogP contribution in [0.1, 0.15) is 18.9 Å². The zero-order valence-corrected chi connectivity index (χ0v) is 15.9. The fourth-order valence-electron chi connectivity index (χ4n) is 3.45. The molecule has 0 spiro atoms. The topological polar surface area (TPSA) is 0 Å². The minimum absolute atomic E-state index is 0.147. The van der Waals surface area contributed by atoms with Gasteiger partial charge in [0.05, 0.1) is 5.02 Å². The van der Waals surface area contributed by atoms with E-state index >= 15 is 0 Å². The van der Waals surface area contributed by atoms with Crippen LogP contribution in [0.4, 0.5) is 4.39 Å². The Morgan fingerprint density at radius 2 is 1.22 bits per heavy atom. The van der Waals surface area contributed by atoms with E-state index in [-0.39, 0.29) is 5.02 Å². The highest BCUT2D eigenvalue weighted by Crippen LogP contribution is 2.29. The van der Waals surface area contributed by atoms with Gasteiger partial charge in [-0.25, -0.2) is 4.39 Å². The second kappa shape index (κ2) is 7.54. The van der Waals surface area contributed by atoms with Gasteiger partial charge in [0, 0.05) is 0 Å². The Bertz CT molecular complexity index is 1100. The van der Waals surface area contributed by atoms with Crippen molar-refractivity contribution in [3.8, 4) is 22.3 Å². The van der Waals surface area contributed by atoms with Crippen LogP contribution in [0.5, 0.6) is 0 Å². The van der Waals surface area contributed by atoms with E-state index in [0.29, 0.717) is 0 Å². The molecule has 0 aliphatic heterocycles. The molecule has 0 saturated carbocycles. The molecule has 134 valence electrons. The highest BCUT2D eigenvalue weighted by molar-refractivity contribution is 6.30. The fraction of sp³-hybridized carbons (Fsp3) is 0.120. The average Bonchev–Trinajstić information content (AvgIpc) is 2.70. The van der Waals surface area contributed by atoms with E-state index in [1.54, 1.807) is 6.07 Å². The maximum Gasteiger partial charge on any atom is 0.142 e. The van der Waals surface area contributed by atoms with Crippen molar-refractivity contribution in [1.29, 1.82) is 0 Å². The quantitative estimate of drug-likeness (QED) is 0.340. The molecule has 0 bridgehead atoms. The van der Waals surface area contributed by atoms with Crippen LogP contribution in [-0.2, 0) is 6.42 Å². The number of fused-ring (bicyclic) bond motifs is 1. The van der Waals surface area contributed by atoms with Crippen LogP contribution < -0.4 is 0 Å². The minimum Gasteiger partial charge on any atom is -0.205 e. The Hall–Kier alpha value is -2.64. The standard InChI is InChI=1S/C25H20ClF/c1-2-3-17-4-5-22-15-21(11-10-20(22)14-17)18-6-8-19(9-7-18)23-12-13-24(26)25(27)16-23/h4-16H,2-3H2,1H3. The molecule has 0 amide bonds. The molecule has 0 nitrogen and oxygen atoms in total. The predicted octanol–water partition coefficient (Wildman–Crippen LogP) is 7.92. The molecule has 4 aromatic rings. The molecule has 0 aliphatic carbocycles. The zero-order chi connectivity index (χ0) is 18.8. The van der Waals surface area contributed by atoms with E-state index in [1.807, 2.05) is 18.2 Å². The molecule has 0 unspecified atom stereocenters. The van der Waals surface area contributed by atoms with E-state index in [9.17, 15) is 4.39 Å². The van der Waals surface area contributed by atoms with Crippen molar-refractivity contribution in [2.75, 3.05) is 0 Å². The third-order valence-corrected chi connectivity index (χ3v) is 5.22. The van der Waals surface area contributed by atoms with Crippen LogP contribution in [0.3, 0.4) is 0 Å². The van der Waals surface area contributed by atoms with E-state index in [2.05, 4.69) is 55.5 Å². The summed E-state index contributed by atoms with van der Waals surface area (Å²) in [4.78, 5) is 0. The molecule has 0 heterocycles. The molecule has 0 N–H and O–H groups in total. The third kappa shape index (κ3) is 3.74. The van der Waals surface area contributed by atoms with Crippen molar-refractivity contribution in [2.45, 2.75) is 19.8 Å². The number of rotatable bonds is 4. The molecule has 0 aromatic heterocycles. The number of benzene rings is 4. The monoisotopic (exact) mass is 374 g/mol. The van der Waals surface area contributed by atoms with Gasteiger partial charge in [0.15, 0.2) is 0 Å². The first-order valence-corrected chi connectivity index (χ1v) is 9.60. The van der Waals surface area contributed by atoms with Gasteiger partial charge < -0.3 is 0 Å². The molecule has 4 aromatic carbocycles. The summed E-state index contributed by atoms with van der Waals surface area (Å²) in [5.74, 6) is -0.393. The van der Waals surface area contributed by atoms with Crippen molar-refractivity contribution < 1.29 is 4.39 Å². The van der Waals surface area contributed by atoms with Crippen molar-refractivity contribution in [2.24, 2.45) is 0 Å². The predicted molar refractivity (Wildman–Crippen MR) is 114 cm³/mol. The molecular formula is C25H20ClF. The largest absolute Gasteiger partial charge is 0.205 e. The van der Waals surface area contributed by atoms with Gasteiger partial charge >= 0.3 is 0 Å². The van der Waals surface area contributed by atoms with E-state index in [0.717, 1.165) is 29.5 Å². The Balaban J connectivity index is 1.65. The number of halogens is 2. The zero-order valence-electron chi connectivity index (χ0n) is 15.2. The SMILES string of the molecule is CCCc1ccc2cc(-c3ccc(-c4ccc(Cl)c(F)c4)cc3)ccc2c1. The second-order valence-corrected chi connectivity index (χ2v) is 7.26. The van der Waals surface area contributed by atoms with Gasteiger partial charge in [0.2, 0.25) is 0 Å². The van der Waals surface area contributed by atoms with Crippen molar-refractivity contribution in [1.82, 2.24) is 0 Å². The Labute approximate surface area is 164 Å². The van der Waals surface area contributed by atoms with Gasteiger partial charge in [-0.1, -0.05) is 85.6 Å². The van der Waals surface area contributed by atoms with Crippen molar-refractivity contribution in [3.05, 3.63) is 95.3 Å². The summed E-state index contributed by atoms with van der Waals surface area (Å²) in [6, 6.07) is 26.4. The van der Waals surface area contributed by atoms with E-state index in [1.165, 1.54) is 28.0 Å². The van der Waals surface area contributed by atoms with Gasteiger partial charge in [-0.3, -0.25) is 0 Å². The van der Waals surface area contributed by atoms with E-state index in [4.69, 9.17) is 11.6 Å². The lowest BCUT2D eigenvalue weighted by molar-refractivity contribution is 0.629. The number of aryl methyl sites for hydroxylation is 1. The van der Waals surface area contributed by atoms with Crippen molar-refractivity contribution in [3.63, 3.8) is 0 Å². The lowest BCUT2D eigenvalue weighted by Crippen LogP contribution is -1.85.